The molecule has 0 aliphatic rings. The minimum absolute atomic E-state index is 0.00475. The number of carbonyl (C=O) groups excluding carboxylic acids is 2. The Kier molecular flexibility index (Phi) is 12.2. The number of ether oxygens (including phenoxy) is 1. The van der Waals surface area contributed by atoms with Crippen molar-refractivity contribution in [2.45, 2.75) is 39.0 Å². The highest BCUT2D eigenvalue weighted by Gasteiger charge is 2.22. The zero-order chi connectivity index (χ0) is 33.3. The number of rotatable bonds is 14. The van der Waals surface area contributed by atoms with E-state index in [0.717, 1.165) is 27.8 Å². The molecule has 1 unspecified atom stereocenters. The fourth-order valence-electron chi connectivity index (χ4n) is 4.77. The molecule has 0 aromatic heterocycles. The lowest BCUT2D eigenvalue weighted by molar-refractivity contribution is -0.117. The van der Waals surface area contributed by atoms with E-state index in [-0.39, 0.29) is 24.5 Å². The molecule has 4 aromatic rings. The Morgan fingerprint density at radius 3 is 2.20 bits per heavy atom. The number of Topliss-reactive ketones (excluding diaryl/α,β-unsaturated/α-hetero) is 1. The van der Waals surface area contributed by atoms with Crippen LogP contribution in [0, 0.1) is 0 Å². The van der Waals surface area contributed by atoms with Gasteiger partial charge in [-0.15, -0.1) is 0 Å². The highest BCUT2D eigenvalue weighted by atomic mass is 35.5. The molecule has 1 atom stereocenters. The Balaban J connectivity index is 1.52. The molecule has 0 aliphatic carbocycles. The molecule has 240 valence electrons. The summed E-state index contributed by atoms with van der Waals surface area (Å²) >= 11 is 12.4. The van der Waals surface area contributed by atoms with Gasteiger partial charge in [-0.1, -0.05) is 83.4 Å². The first-order valence-corrected chi connectivity index (χ1v) is 17.0. The molecule has 0 heterocycles. The van der Waals surface area contributed by atoms with E-state index in [2.05, 4.69) is 5.32 Å². The normalized spacial score (nSPS) is 11.8. The molecule has 0 spiro atoms. The maximum atomic E-state index is 13.8. The minimum Gasteiger partial charge on any atom is -0.490 e. The van der Waals surface area contributed by atoms with Gasteiger partial charge in [-0.25, -0.2) is 0 Å². The van der Waals surface area contributed by atoms with Crippen LogP contribution in [-0.4, -0.2) is 37.0 Å². The molecule has 0 saturated carbocycles. The van der Waals surface area contributed by atoms with E-state index in [0.29, 0.717) is 40.1 Å². The second-order valence-corrected chi connectivity index (χ2v) is 13.5. The van der Waals surface area contributed by atoms with Gasteiger partial charge in [-0.05, 0) is 85.9 Å². The standard InChI is InChI=1S/C36H35Cl2NO6S/c1-24(2)19-20-45-31-16-11-27(12-17-31)33(22-25-5-7-28(8-6-25)35(40)4-3-21-46(42,43)44)36(41)39-30-14-9-26(10-15-30)32-18-13-29(37)23-34(32)38/h5-19,23,33H,3-4,20-22H2,1-2H3,(H,39,41)(H,42,43,44). The fourth-order valence-corrected chi connectivity index (χ4v) is 5.80. The molecule has 0 aliphatic heterocycles. The third kappa shape index (κ3) is 10.6. The summed E-state index contributed by atoms with van der Waals surface area (Å²) in [6, 6.07) is 27.0. The predicted molar refractivity (Wildman–Crippen MR) is 185 cm³/mol. The average Bonchev–Trinajstić information content (AvgIpc) is 3.00. The van der Waals surface area contributed by atoms with Crippen LogP contribution in [0.4, 0.5) is 5.69 Å². The molecule has 1 amide bonds. The smallest absolute Gasteiger partial charge is 0.264 e. The third-order valence-corrected chi connectivity index (χ3v) is 8.61. The van der Waals surface area contributed by atoms with Gasteiger partial charge in [0.05, 0.1) is 11.7 Å². The first-order chi connectivity index (χ1) is 21.9. The van der Waals surface area contributed by atoms with Crippen LogP contribution in [0.15, 0.2) is 103 Å². The van der Waals surface area contributed by atoms with E-state index >= 15 is 0 Å². The Morgan fingerprint density at radius 1 is 0.913 bits per heavy atom. The zero-order valence-electron chi connectivity index (χ0n) is 25.5. The number of nitrogens with one attached hydrogen (secondary N) is 1. The quantitative estimate of drug-likeness (QED) is 0.0783. The molecular formula is C36H35Cl2NO6S. The summed E-state index contributed by atoms with van der Waals surface area (Å²) in [5.41, 5.74) is 5.55. The maximum Gasteiger partial charge on any atom is 0.264 e. The lowest BCUT2D eigenvalue weighted by Gasteiger charge is -2.19. The van der Waals surface area contributed by atoms with Crippen molar-refractivity contribution in [3.63, 3.8) is 0 Å². The average molecular weight is 681 g/mol. The van der Waals surface area contributed by atoms with E-state index in [4.69, 9.17) is 32.5 Å². The van der Waals surface area contributed by atoms with E-state index in [1.54, 1.807) is 36.4 Å². The van der Waals surface area contributed by atoms with Gasteiger partial charge >= 0.3 is 0 Å². The number of ketones is 1. The van der Waals surface area contributed by atoms with E-state index in [9.17, 15) is 18.0 Å². The number of anilines is 1. The Morgan fingerprint density at radius 2 is 1.59 bits per heavy atom. The molecule has 2 N–H and O–H groups in total. The highest BCUT2D eigenvalue weighted by molar-refractivity contribution is 7.85. The summed E-state index contributed by atoms with van der Waals surface area (Å²) in [6.07, 6.45) is 2.37. The number of allylic oxidation sites excluding steroid dienone is 1. The van der Waals surface area contributed by atoms with Crippen molar-refractivity contribution in [2.75, 3.05) is 17.7 Å². The maximum absolute atomic E-state index is 13.8. The Hall–Kier alpha value is -3.95. The van der Waals surface area contributed by atoms with Gasteiger partial charge in [-0.3, -0.25) is 14.1 Å². The van der Waals surface area contributed by atoms with E-state index in [1.165, 1.54) is 0 Å². The van der Waals surface area contributed by atoms with Crippen LogP contribution >= 0.6 is 23.2 Å². The van der Waals surface area contributed by atoms with Crippen LogP contribution < -0.4 is 10.1 Å². The molecule has 4 rings (SSSR count). The summed E-state index contributed by atoms with van der Waals surface area (Å²) in [7, 11) is -4.12. The number of hydrogen-bond donors (Lipinski definition) is 2. The number of hydrogen-bond acceptors (Lipinski definition) is 5. The summed E-state index contributed by atoms with van der Waals surface area (Å²) in [5.74, 6) is -0.774. The largest absolute Gasteiger partial charge is 0.490 e. The van der Waals surface area contributed by atoms with Gasteiger partial charge in [0.15, 0.2) is 5.78 Å². The van der Waals surface area contributed by atoms with Crippen molar-refractivity contribution in [3.8, 4) is 16.9 Å². The summed E-state index contributed by atoms with van der Waals surface area (Å²) in [4.78, 5) is 26.3. The van der Waals surface area contributed by atoms with Gasteiger partial charge in [0.25, 0.3) is 10.1 Å². The first-order valence-electron chi connectivity index (χ1n) is 14.7. The predicted octanol–water partition coefficient (Wildman–Crippen LogP) is 8.82. The second-order valence-electron chi connectivity index (χ2n) is 11.1. The van der Waals surface area contributed by atoms with Crippen molar-refractivity contribution in [1.29, 1.82) is 0 Å². The Bertz CT molecular complexity index is 1800. The van der Waals surface area contributed by atoms with Crippen LogP contribution in [0.3, 0.4) is 0 Å². The third-order valence-electron chi connectivity index (χ3n) is 7.26. The molecule has 7 nitrogen and oxygen atoms in total. The summed E-state index contributed by atoms with van der Waals surface area (Å²) in [5, 5.41) is 4.11. The van der Waals surface area contributed by atoms with E-state index in [1.807, 2.05) is 74.5 Å². The van der Waals surface area contributed by atoms with Gasteiger partial charge in [-0.2, -0.15) is 8.42 Å². The topological polar surface area (TPSA) is 110 Å². The van der Waals surface area contributed by atoms with Crippen molar-refractivity contribution >= 4 is 50.7 Å². The van der Waals surface area contributed by atoms with Gasteiger partial charge in [0, 0.05) is 33.3 Å². The van der Waals surface area contributed by atoms with Crippen LogP contribution in [0.2, 0.25) is 10.0 Å². The molecule has 0 radical (unpaired) electrons. The Labute approximate surface area is 280 Å². The second kappa shape index (κ2) is 16.1. The first kappa shape index (κ1) is 34.9. The molecule has 10 heteroatoms. The van der Waals surface area contributed by atoms with Crippen LogP contribution in [0.1, 0.15) is 54.1 Å². The fraction of sp³-hybridized carbons (Fsp3) is 0.222. The van der Waals surface area contributed by atoms with Gasteiger partial charge in [0.1, 0.15) is 12.4 Å². The van der Waals surface area contributed by atoms with Gasteiger partial charge in [0.2, 0.25) is 5.91 Å². The van der Waals surface area contributed by atoms with Crippen molar-refractivity contribution in [1.82, 2.24) is 0 Å². The summed E-state index contributed by atoms with van der Waals surface area (Å²) < 4.78 is 36.6. The number of amides is 1. The van der Waals surface area contributed by atoms with Crippen LogP contribution in [0.25, 0.3) is 11.1 Å². The molecule has 0 saturated heterocycles. The van der Waals surface area contributed by atoms with Crippen molar-refractivity contribution in [2.24, 2.45) is 0 Å². The minimum atomic E-state index is -4.12. The summed E-state index contributed by atoms with van der Waals surface area (Å²) in [6.45, 7) is 4.45. The zero-order valence-corrected chi connectivity index (χ0v) is 27.8. The molecule has 0 bridgehead atoms. The van der Waals surface area contributed by atoms with E-state index < -0.39 is 21.8 Å². The molecule has 0 fully saturated rings. The van der Waals surface area contributed by atoms with Crippen LogP contribution in [-0.2, 0) is 21.3 Å². The van der Waals surface area contributed by atoms with Gasteiger partial charge < -0.3 is 10.1 Å². The number of benzene rings is 4. The SMILES string of the molecule is CC(C)=CCOc1ccc(C(Cc2ccc(C(=O)CCCS(=O)(=O)O)cc2)C(=O)Nc2ccc(-c3ccc(Cl)cc3Cl)cc2)cc1. The van der Waals surface area contributed by atoms with Crippen molar-refractivity contribution in [3.05, 3.63) is 129 Å². The van der Waals surface area contributed by atoms with Crippen LogP contribution in [0.5, 0.6) is 5.75 Å². The number of halogens is 2. The number of carbonyl (C=O) groups is 2. The lowest BCUT2D eigenvalue weighted by Crippen LogP contribution is -2.23. The van der Waals surface area contributed by atoms with Crippen molar-refractivity contribution < 1.29 is 27.3 Å². The molecule has 4 aromatic carbocycles. The lowest BCUT2D eigenvalue weighted by atomic mass is 9.90. The monoisotopic (exact) mass is 679 g/mol. The molecule has 46 heavy (non-hydrogen) atoms. The highest BCUT2D eigenvalue weighted by Crippen LogP contribution is 2.32. The molecular weight excluding hydrogens is 645 g/mol.